The standard InChI is InChI=1S/C23H27F3N4/c1-2-3-4-5-6-7-12-27-16-21-29-15-18-11-10-17(14-20(18)30-21)22-19(23(24,25)26)9-8-13-28-22/h8-11,13-15,27H,2-7,12,16H2,1H3. The highest BCUT2D eigenvalue weighted by molar-refractivity contribution is 5.83. The fourth-order valence-corrected chi connectivity index (χ4v) is 3.39. The van der Waals surface area contributed by atoms with Crippen molar-refractivity contribution in [1.29, 1.82) is 0 Å². The van der Waals surface area contributed by atoms with Crippen LogP contribution in [0.4, 0.5) is 13.2 Å². The molecule has 0 aliphatic carbocycles. The molecule has 0 saturated carbocycles. The Bertz CT molecular complexity index is 957. The van der Waals surface area contributed by atoms with Crippen LogP contribution >= 0.6 is 0 Å². The highest BCUT2D eigenvalue weighted by atomic mass is 19.4. The van der Waals surface area contributed by atoms with Crippen LogP contribution in [0.25, 0.3) is 22.2 Å². The molecule has 4 nitrogen and oxygen atoms in total. The summed E-state index contributed by atoms with van der Waals surface area (Å²) in [5.41, 5.74) is 0.158. The van der Waals surface area contributed by atoms with Crippen molar-refractivity contribution < 1.29 is 13.2 Å². The lowest BCUT2D eigenvalue weighted by Gasteiger charge is -2.12. The normalized spacial score (nSPS) is 11.9. The van der Waals surface area contributed by atoms with Gasteiger partial charge in [-0.1, -0.05) is 51.2 Å². The zero-order valence-electron chi connectivity index (χ0n) is 17.2. The van der Waals surface area contributed by atoms with Crippen LogP contribution in [0.3, 0.4) is 0 Å². The van der Waals surface area contributed by atoms with Gasteiger partial charge in [-0.15, -0.1) is 0 Å². The second-order valence-corrected chi connectivity index (χ2v) is 7.40. The zero-order chi connectivity index (χ0) is 21.4. The van der Waals surface area contributed by atoms with Crippen LogP contribution in [0.1, 0.15) is 56.8 Å². The third-order valence-corrected chi connectivity index (χ3v) is 5.01. The molecule has 2 heterocycles. The summed E-state index contributed by atoms with van der Waals surface area (Å²) in [7, 11) is 0. The average Bonchev–Trinajstić information content (AvgIpc) is 2.74. The summed E-state index contributed by atoms with van der Waals surface area (Å²) in [6, 6.07) is 7.34. The summed E-state index contributed by atoms with van der Waals surface area (Å²) in [5.74, 6) is 0.627. The van der Waals surface area contributed by atoms with Gasteiger partial charge in [0.15, 0.2) is 0 Å². The Morgan fingerprint density at radius 2 is 1.77 bits per heavy atom. The monoisotopic (exact) mass is 416 g/mol. The van der Waals surface area contributed by atoms with Gasteiger partial charge in [0.25, 0.3) is 0 Å². The van der Waals surface area contributed by atoms with E-state index in [1.165, 1.54) is 44.4 Å². The number of halogens is 3. The second kappa shape index (κ2) is 10.5. The molecule has 30 heavy (non-hydrogen) atoms. The third-order valence-electron chi connectivity index (χ3n) is 5.01. The van der Waals surface area contributed by atoms with Gasteiger partial charge in [-0.2, -0.15) is 13.2 Å². The lowest BCUT2D eigenvalue weighted by atomic mass is 10.0. The first-order valence-electron chi connectivity index (χ1n) is 10.5. The number of alkyl halides is 3. The number of pyridine rings is 1. The number of rotatable bonds is 10. The molecule has 0 fully saturated rings. The molecule has 0 unspecified atom stereocenters. The van der Waals surface area contributed by atoms with Crippen molar-refractivity contribution in [3.63, 3.8) is 0 Å². The van der Waals surface area contributed by atoms with Crippen molar-refractivity contribution in [2.45, 2.75) is 58.2 Å². The van der Waals surface area contributed by atoms with Gasteiger partial charge in [0.05, 0.1) is 23.3 Å². The van der Waals surface area contributed by atoms with Crippen LogP contribution < -0.4 is 5.32 Å². The molecule has 3 rings (SSSR count). The number of hydrogen-bond acceptors (Lipinski definition) is 4. The van der Waals surface area contributed by atoms with Crippen molar-refractivity contribution in [2.24, 2.45) is 0 Å². The molecule has 0 amide bonds. The Hall–Kier alpha value is -2.54. The molecule has 0 aliphatic heterocycles. The van der Waals surface area contributed by atoms with Crippen molar-refractivity contribution in [3.05, 3.63) is 54.1 Å². The molecule has 1 aromatic carbocycles. The van der Waals surface area contributed by atoms with Crippen molar-refractivity contribution in [3.8, 4) is 11.3 Å². The molecule has 0 bridgehead atoms. The summed E-state index contributed by atoms with van der Waals surface area (Å²) >= 11 is 0. The second-order valence-electron chi connectivity index (χ2n) is 7.40. The van der Waals surface area contributed by atoms with Crippen LogP contribution in [0.5, 0.6) is 0 Å². The number of aromatic nitrogens is 3. The number of unbranched alkanes of at least 4 members (excludes halogenated alkanes) is 5. The number of hydrogen-bond donors (Lipinski definition) is 1. The van der Waals surface area contributed by atoms with Crippen LogP contribution in [-0.4, -0.2) is 21.5 Å². The van der Waals surface area contributed by atoms with Gasteiger partial charge in [-0.25, -0.2) is 9.97 Å². The molecule has 3 aromatic rings. The minimum atomic E-state index is -4.46. The minimum absolute atomic E-state index is 0.0896. The summed E-state index contributed by atoms with van der Waals surface area (Å²) < 4.78 is 40.0. The van der Waals surface area contributed by atoms with E-state index >= 15 is 0 Å². The van der Waals surface area contributed by atoms with Gasteiger partial charge in [-0.3, -0.25) is 4.98 Å². The fraction of sp³-hybridized carbons (Fsp3) is 0.435. The van der Waals surface area contributed by atoms with Crippen LogP contribution in [-0.2, 0) is 12.7 Å². The number of fused-ring (bicyclic) bond motifs is 1. The third kappa shape index (κ3) is 5.98. The van der Waals surface area contributed by atoms with Crippen LogP contribution in [0.15, 0.2) is 42.7 Å². The Kier molecular flexibility index (Phi) is 7.74. The van der Waals surface area contributed by atoms with Gasteiger partial charge in [0, 0.05) is 23.3 Å². The lowest BCUT2D eigenvalue weighted by molar-refractivity contribution is -0.137. The largest absolute Gasteiger partial charge is 0.418 e. The topological polar surface area (TPSA) is 50.7 Å². The average molecular weight is 416 g/mol. The number of nitrogens with one attached hydrogen (secondary N) is 1. The van der Waals surface area contributed by atoms with Gasteiger partial charge >= 0.3 is 6.18 Å². The Morgan fingerprint density at radius 3 is 2.57 bits per heavy atom. The van der Waals surface area contributed by atoms with E-state index in [1.54, 1.807) is 24.4 Å². The molecular formula is C23H27F3N4. The zero-order valence-corrected chi connectivity index (χ0v) is 17.2. The van der Waals surface area contributed by atoms with Gasteiger partial charge in [0.1, 0.15) is 5.82 Å². The summed E-state index contributed by atoms with van der Waals surface area (Å²) in [4.78, 5) is 12.8. The SMILES string of the molecule is CCCCCCCCNCc1ncc2ccc(-c3ncccc3C(F)(F)F)cc2n1. The van der Waals surface area contributed by atoms with E-state index in [2.05, 4.69) is 27.2 Å². The molecule has 160 valence electrons. The molecule has 0 atom stereocenters. The number of benzene rings is 1. The van der Waals surface area contributed by atoms with Crippen molar-refractivity contribution >= 4 is 10.9 Å². The predicted molar refractivity (Wildman–Crippen MR) is 113 cm³/mol. The number of nitrogens with zero attached hydrogens (tertiary/aromatic N) is 3. The van der Waals surface area contributed by atoms with E-state index in [0.29, 0.717) is 23.4 Å². The maximum absolute atomic E-state index is 13.3. The maximum Gasteiger partial charge on any atom is 0.418 e. The highest BCUT2D eigenvalue weighted by Crippen LogP contribution is 2.36. The first-order valence-corrected chi connectivity index (χ1v) is 10.5. The van der Waals surface area contributed by atoms with E-state index in [9.17, 15) is 13.2 Å². The lowest BCUT2D eigenvalue weighted by Crippen LogP contribution is -2.16. The molecule has 2 aromatic heterocycles. The molecule has 0 radical (unpaired) electrons. The first kappa shape index (κ1) is 22.2. The summed E-state index contributed by atoms with van der Waals surface area (Å²) in [5, 5.41) is 4.13. The molecule has 0 saturated heterocycles. The molecule has 7 heteroatoms. The summed E-state index contributed by atoms with van der Waals surface area (Å²) in [6.07, 6.45) is 6.03. The van der Waals surface area contributed by atoms with E-state index < -0.39 is 11.7 Å². The minimum Gasteiger partial charge on any atom is -0.310 e. The molecular weight excluding hydrogens is 389 g/mol. The van der Waals surface area contributed by atoms with E-state index in [0.717, 1.165) is 24.4 Å². The van der Waals surface area contributed by atoms with E-state index in [4.69, 9.17) is 0 Å². The molecule has 0 aliphatic rings. The van der Waals surface area contributed by atoms with Gasteiger partial charge in [0.2, 0.25) is 0 Å². The Labute approximate surface area is 175 Å². The fourth-order valence-electron chi connectivity index (χ4n) is 3.39. The van der Waals surface area contributed by atoms with Crippen molar-refractivity contribution in [2.75, 3.05) is 6.54 Å². The summed E-state index contributed by atoms with van der Waals surface area (Å²) in [6.45, 7) is 3.64. The maximum atomic E-state index is 13.3. The van der Waals surface area contributed by atoms with Crippen LogP contribution in [0.2, 0.25) is 0 Å². The van der Waals surface area contributed by atoms with E-state index in [1.807, 2.05) is 0 Å². The Morgan fingerprint density at radius 1 is 0.967 bits per heavy atom. The quantitative estimate of drug-likeness (QED) is 0.402. The Balaban J connectivity index is 1.67. The van der Waals surface area contributed by atoms with E-state index in [-0.39, 0.29) is 5.69 Å². The smallest absolute Gasteiger partial charge is 0.310 e. The van der Waals surface area contributed by atoms with Gasteiger partial charge < -0.3 is 5.32 Å². The molecule has 0 spiro atoms. The predicted octanol–water partition coefficient (Wildman–Crippen LogP) is 6.16. The first-order chi connectivity index (χ1) is 14.5. The highest BCUT2D eigenvalue weighted by Gasteiger charge is 2.34. The van der Waals surface area contributed by atoms with Crippen LogP contribution in [0, 0.1) is 0 Å². The van der Waals surface area contributed by atoms with Crippen molar-refractivity contribution in [1.82, 2.24) is 20.3 Å². The molecule has 1 N–H and O–H groups in total. The van der Waals surface area contributed by atoms with Gasteiger partial charge in [-0.05, 0) is 31.2 Å².